The van der Waals surface area contributed by atoms with Gasteiger partial charge in [-0.15, -0.1) is 0 Å². The van der Waals surface area contributed by atoms with Crippen LogP contribution in [0.25, 0.3) is 0 Å². The second-order valence-electron chi connectivity index (χ2n) is 3.40. The maximum absolute atomic E-state index is 11.8. The van der Waals surface area contributed by atoms with Crippen LogP contribution in [0.4, 0.5) is 0 Å². The Morgan fingerprint density at radius 1 is 1.62 bits per heavy atom. The molecule has 3 heteroatoms. The van der Waals surface area contributed by atoms with E-state index in [1.807, 2.05) is 19.9 Å². The molecule has 0 aromatic heterocycles. The molecule has 0 atom stereocenters. The van der Waals surface area contributed by atoms with Gasteiger partial charge in [0, 0.05) is 6.42 Å². The fourth-order valence-electron chi connectivity index (χ4n) is 1.39. The van der Waals surface area contributed by atoms with Crippen molar-refractivity contribution in [2.75, 3.05) is 6.61 Å². The van der Waals surface area contributed by atoms with E-state index in [9.17, 15) is 4.79 Å². The smallest absolute Gasteiger partial charge is 0.216 e. The predicted octanol–water partition coefficient (Wildman–Crippen LogP) is 1.38. The minimum absolute atomic E-state index is 0.0463. The zero-order chi connectivity index (χ0) is 9.90. The number of rotatable bonds is 4. The first-order valence-corrected chi connectivity index (χ1v) is 4.80. The molecule has 0 saturated carbocycles. The second-order valence-corrected chi connectivity index (χ2v) is 3.40. The molecular weight excluding hydrogens is 166 g/mol. The van der Waals surface area contributed by atoms with Gasteiger partial charge in [0.05, 0.1) is 12.1 Å². The summed E-state index contributed by atoms with van der Waals surface area (Å²) < 4.78 is 5.20. The monoisotopic (exact) mass is 183 g/mol. The van der Waals surface area contributed by atoms with Crippen molar-refractivity contribution in [3.8, 4) is 0 Å². The molecule has 2 N–H and O–H groups in total. The molecular formula is C10H17NO2. The summed E-state index contributed by atoms with van der Waals surface area (Å²) in [5.41, 5.74) is 5.22. The third-order valence-corrected chi connectivity index (χ3v) is 2.64. The normalized spacial score (nSPS) is 16.7. The Kier molecular flexibility index (Phi) is 3.09. The molecule has 0 aliphatic carbocycles. The van der Waals surface area contributed by atoms with Crippen molar-refractivity contribution < 1.29 is 9.53 Å². The highest BCUT2D eigenvalue weighted by molar-refractivity contribution is 6.01. The summed E-state index contributed by atoms with van der Waals surface area (Å²) in [6.07, 6.45) is 3.96. The summed E-state index contributed by atoms with van der Waals surface area (Å²) >= 11 is 0. The van der Waals surface area contributed by atoms with Crippen LogP contribution in [0.5, 0.6) is 0 Å². The topological polar surface area (TPSA) is 52.3 Å². The van der Waals surface area contributed by atoms with E-state index in [-0.39, 0.29) is 5.78 Å². The Labute approximate surface area is 78.9 Å². The second kappa shape index (κ2) is 3.92. The molecule has 0 fully saturated rings. The number of carbonyl (C=O) groups is 1. The Balaban J connectivity index is 2.75. The van der Waals surface area contributed by atoms with Crippen molar-refractivity contribution in [1.29, 1.82) is 0 Å². The van der Waals surface area contributed by atoms with E-state index in [0.717, 1.165) is 6.42 Å². The molecule has 0 bridgehead atoms. The number of hydrogen-bond acceptors (Lipinski definition) is 3. The average Bonchev–Trinajstić information content (AvgIpc) is 2.68. The van der Waals surface area contributed by atoms with Gasteiger partial charge in [-0.25, -0.2) is 0 Å². The van der Waals surface area contributed by atoms with Gasteiger partial charge < -0.3 is 10.5 Å². The Hall–Kier alpha value is -0.830. The van der Waals surface area contributed by atoms with Crippen LogP contribution in [-0.4, -0.2) is 17.9 Å². The first-order valence-electron chi connectivity index (χ1n) is 4.80. The quantitative estimate of drug-likeness (QED) is 0.716. The van der Waals surface area contributed by atoms with Gasteiger partial charge in [-0.05, 0) is 18.9 Å². The van der Waals surface area contributed by atoms with E-state index in [0.29, 0.717) is 25.2 Å². The molecule has 13 heavy (non-hydrogen) atoms. The first kappa shape index (κ1) is 10.3. The molecule has 1 heterocycles. The van der Waals surface area contributed by atoms with Crippen LogP contribution in [0.15, 0.2) is 11.8 Å². The Bertz CT molecular complexity index is 229. The zero-order valence-corrected chi connectivity index (χ0v) is 8.30. The minimum Gasteiger partial charge on any atom is -0.490 e. The summed E-state index contributed by atoms with van der Waals surface area (Å²) in [4.78, 5) is 11.8. The molecule has 1 aliphatic heterocycles. The van der Waals surface area contributed by atoms with Crippen molar-refractivity contribution in [1.82, 2.24) is 0 Å². The van der Waals surface area contributed by atoms with E-state index in [4.69, 9.17) is 10.5 Å². The standard InChI is InChI=1S/C10H17NO2/c1-3-10(11,4-2)9(12)8-6-5-7-13-8/h6H,3-5,7,11H2,1-2H3. The number of Topliss-reactive ketones (excluding diaryl/α,β-unsaturated/α-hetero) is 1. The maximum Gasteiger partial charge on any atom is 0.216 e. The Morgan fingerprint density at radius 3 is 2.62 bits per heavy atom. The van der Waals surface area contributed by atoms with Crippen LogP contribution in [0.3, 0.4) is 0 Å². The molecule has 0 unspecified atom stereocenters. The van der Waals surface area contributed by atoms with Crippen LogP contribution in [0, 0.1) is 0 Å². The molecule has 0 spiro atoms. The molecule has 3 nitrogen and oxygen atoms in total. The minimum atomic E-state index is -0.726. The van der Waals surface area contributed by atoms with Crippen LogP contribution >= 0.6 is 0 Å². The van der Waals surface area contributed by atoms with Crippen LogP contribution < -0.4 is 5.73 Å². The van der Waals surface area contributed by atoms with Crippen molar-refractivity contribution in [2.45, 2.75) is 38.6 Å². The van der Waals surface area contributed by atoms with Gasteiger partial charge in [-0.3, -0.25) is 4.79 Å². The molecule has 0 radical (unpaired) electrons. The fraction of sp³-hybridized carbons (Fsp3) is 0.700. The lowest BCUT2D eigenvalue weighted by molar-refractivity contribution is -0.123. The van der Waals surface area contributed by atoms with Gasteiger partial charge >= 0.3 is 0 Å². The highest BCUT2D eigenvalue weighted by Crippen LogP contribution is 2.21. The van der Waals surface area contributed by atoms with E-state index in [1.165, 1.54) is 0 Å². The maximum atomic E-state index is 11.8. The van der Waals surface area contributed by atoms with Crippen LogP contribution in [-0.2, 0) is 9.53 Å². The molecule has 1 aliphatic rings. The molecule has 0 amide bonds. The average molecular weight is 183 g/mol. The highest BCUT2D eigenvalue weighted by Gasteiger charge is 2.34. The van der Waals surface area contributed by atoms with E-state index >= 15 is 0 Å². The van der Waals surface area contributed by atoms with Crippen molar-refractivity contribution >= 4 is 5.78 Å². The number of ether oxygens (including phenoxy) is 1. The SMILES string of the molecule is CCC(N)(CC)C(=O)C1=CCCO1. The Morgan fingerprint density at radius 2 is 2.23 bits per heavy atom. The van der Waals surface area contributed by atoms with Gasteiger partial charge in [-0.2, -0.15) is 0 Å². The first-order chi connectivity index (χ1) is 6.14. The fourth-order valence-corrected chi connectivity index (χ4v) is 1.39. The van der Waals surface area contributed by atoms with Crippen molar-refractivity contribution in [3.63, 3.8) is 0 Å². The van der Waals surface area contributed by atoms with Crippen LogP contribution in [0.2, 0.25) is 0 Å². The summed E-state index contributed by atoms with van der Waals surface area (Å²) in [5, 5.41) is 0. The molecule has 0 aromatic carbocycles. The highest BCUT2D eigenvalue weighted by atomic mass is 16.5. The lowest BCUT2D eigenvalue weighted by atomic mass is 9.88. The number of carbonyl (C=O) groups excluding carboxylic acids is 1. The number of nitrogens with two attached hydrogens (primary N) is 1. The van der Waals surface area contributed by atoms with Crippen LogP contribution in [0.1, 0.15) is 33.1 Å². The van der Waals surface area contributed by atoms with Crippen molar-refractivity contribution in [2.24, 2.45) is 5.73 Å². The van der Waals surface area contributed by atoms with Gasteiger partial charge in [0.25, 0.3) is 0 Å². The van der Waals surface area contributed by atoms with Gasteiger partial charge in [0.2, 0.25) is 5.78 Å². The summed E-state index contributed by atoms with van der Waals surface area (Å²) in [7, 11) is 0. The summed E-state index contributed by atoms with van der Waals surface area (Å²) in [6, 6.07) is 0. The molecule has 74 valence electrons. The molecule has 0 saturated heterocycles. The number of ketones is 1. The third-order valence-electron chi connectivity index (χ3n) is 2.64. The van der Waals surface area contributed by atoms with E-state index in [2.05, 4.69) is 0 Å². The molecule has 1 rings (SSSR count). The lowest BCUT2D eigenvalue weighted by Gasteiger charge is -2.24. The van der Waals surface area contributed by atoms with E-state index < -0.39 is 5.54 Å². The summed E-state index contributed by atoms with van der Waals surface area (Å²) in [5.74, 6) is 0.418. The van der Waals surface area contributed by atoms with Gasteiger partial charge in [0.15, 0.2) is 5.76 Å². The third kappa shape index (κ3) is 1.91. The predicted molar refractivity (Wildman–Crippen MR) is 51.2 cm³/mol. The van der Waals surface area contributed by atoms with E-state index in [1.54, 1.807) is 0 Å². The summed E-state index contributed by atoms with van der Waals surface area (Å²) in [6.45, 7) is 4.47. The molecule has 0 aromatic rings. The van der Waals surface area contributed by atoms with Crippen molar-refractivity contribution in [3.05, 3.63) is 11.8 Å². The van der Waals surface area contributed by atoms with Gasteiger partial charge in [0.1, 0.15) is 0 Å². The van der Waals surface area contributed by atoms with Gasteiger partial charge in [-0.1, -0.05) is 13.8 Å². The number of hydrogen-bond donors (Lipinski definition) is 1. The lowest BCUT2D eigenvalue weighted by Crippen LogP contribution is -2.47. The largest absolute Gasteiger partial charge is 0.490 e. The zero-order valence-electron chi connectivity index (χ0n) is 8.30.